The number of nitrogens with zero attached hydrogens (tertiary/aromatic N) is 4. The SMILES string of the molecule is CCOC(=O)CN1C(=O)SC(=Cc2cc(C)n(-n3c(C)nc4ccccc4c3=O)c2C)C1=O. The fraction of sp³-hybridized carbons (Fsp3) is 0.261. The van der Waals surface area contributed by atoms with Crippen LogP contribution in [0.4, 0.5) is 4.79 Å². The average Bonchev–Trinajstić information content (AvgIpc) is 3.18. The van der Waals surface area contributed by atoms with Crippen LogP contribution in [-0.2, 0) is 14.3 Å². The molecular formula is C23H22N4O5S. The first-order valence-corrected chi connectivity index (χ1v) is 11.1. The summed E-state index contributed by atoms with van der Waals surface area (Å²) in [6.07, 6.45) is 1.60. The Morgan fingerprint density at radius 3 is 2.58 bits per heavy atom. The highest BCUT2D eigenvalue weighted by Gasteiger charge is 2.36. The Bertz CT molecular complexity index is 1400. The van der Waals surface area contributed by atoms with Crippen molar-refractivity contribution in [3.05, 3.63) is 68.4 Å². The van der Waals surface area contributed by atoms with Gasteiger partial charge in [-0.2, -0.15) is 4.68 Å². The minimum absolute atomic E-state index is 0.166. The molecule has 0 unspecified atom stereocenters. The second kappa shape index (κ2) is 8.70. The van der Waals surface area contributed by atoms with E-state index in [4.69, 9.17) is 4.74 Å². The van der Waals surface area contributed by atoms with Crippen molar-refractivity contribution in [1.29, 1.82) is 0 Å². The topological polar surface area (TPSA) is 104 Å². The van der Waals surface area contributed by atoms with Gasteiger partial charge >= 0.3 is 5.97 Å². The first-order chi connectivity index (χ1) is 15.7. The van der Waals surface area contributed by atoms with Gasteiger partial charge in [0, 0.05) is 11.4 Å². The molecule has 170 valence electrons. The fourth-order valence-corrected chi connectivity index (χ4v) is 4.64. The number of hydrogen-bond acceptors (Lipinski definition) is 7. The summed E-state index contributed by atoms with van der Waals surface area (Å²) >= 11 is 0.765. The van der Waals surface area contributed by atoms with Gasteiger partial charge in [0.05, 0.1) is 22.4 Å². The number of carbonyl (C=O) groups excluding carboxylic acids is 3. The number of benzene rings is 1. The molecule has 1 aliphatic heterocycles. The number of rotatable bonds is 5. The van der Waals surface area contributed by atoms with E-state index in [-0.39, 0.29) is 17.1 Å². The maximum absolute atomic E-state index is 13.2. The van der Waals surface area contributed by atoms with E-state index in [0.717, 1.165) is 22.4 Å². The van der Waals surface area contributed by atoms with E-state index in [1.54, 1.807) is 42.8 Å². The number of aryl methyl sites for hydroxylation is 2. The van der Waals surface area contributed by atoms with E-state index in [1.807, 2.05) is 26.0 Å². The van der Waals surface area contributed by atoms with Crippen molar-refractivity contribution in [1.82, 2.24) is 19.2 Å². The number of carbonyl (C=O) groups is 3. The van der Waals surface area contributed by atoms with Gasteiger partial charge in [-0.15, -0.1) is 0 Å². The van der Waals surface area contributed by atoms with Crippen LogP contribution in [0.2, 0.25) is 0 Å². The van der Waals surface area contributed by atoms with Crippen molar-refractivity contribution in [2.45, 2.75) is 27.7 Å². The van der Waals surface area contributed by atoms with E-state index >= 15 is 0 Å². The van der Waals surface area contributed by atoms with Crippen LogP contribution < -0.4 is 5.56 Å². The minimum atomic E-state index is -0.641. The molecule has 3 aromatic rings. The Kier molecular flexibility index (Phi) is 5.94. The van der Waals surface area contributed by atoms with Gasteiger partial charge in [-0.3, -0.25) is 28.8 Å². The molecule has 0 saturated carbocycles. The van der Waals surface area contributed by atoms with Gasteiger partial charge in [-0.1, -0.05) is 12.1 Å². The maximum Gasteiger partial charge on any atom is 0.326 e. The summed E-state index contributed by atoms with van der Waals surface area (Å²) in [4.78, 5) is 55.6. The first-order valence-electron chi connectivity index (χ1n) is 10.3. The molecule has 0 atom stereocenters. The van der Waals surface area contributed by atoms with Gasteiger partial charge in [0.25, 0.3) is 16.7 Å². The lowest BCUT2D eigenvalue weighted by molar-refractivity contribution is -0.145. The summed E-state index contributed by atoms with van der Waals surface area (Å²) in [6.45, 7) is 6.82. The Labute approximate surface area is 193 Å². The highest BCUT2D eigenvalue weighted by Crippen LogP contribution is 2.33. The Morgan fingerprint density at radius 2 is 1.85 bits per heavy atom. The zero-order valence-corrected chi connectivity index (χ0v) is 19.4. The molecule has 0 aliphatic carbocycles. The lowest BCUT2D eigenvalue weighted by Crippen LogP contribution is -2.34. The maximum atomic E-state index is 13.2. The van der Waals surface area contributed by atoms with Crippen LogP contribution in [-0.4, -0.2) is 49.5 Å². The third-order valence-electron chi connectivity index (χ3n) is 5.30. The van der Waals surface area contributed by atoms with E-state index in [0.29, 0.717) is 28.0 Å². The highest BCUT2D eigenvalue weighted by atomic mass is 32.2. The number of aromatic nitrogens is 3. The molecule has 2 aromatic heterocycles. The van der Waals surface area contributed by atoms with E-state index < -0.39 is 23.7 Å². The molecule has 3 heterocycles. The van der Waals surface area contributed by atoms with Crippen molar-refractivity contribution in [3.8, 4) is 0 Å². The van der Waals surface area contributed by atoms with E-state index in [9.17, 15) is 19.2 Å². The predicted molar refractivity (Wildman–Crippen MR) is 125 cm³/mol. The molecule has 2 amide bonds. The summed E-state index contributed by atoms with van der Waals surface area (Å²) in [7, 11) is 0. The number of para-hydroxylation sites is 1. The first kappa shape index (κ1) is 22.5. The van der Waals surface area contributed by atoms with Crippen LogP contribution >= 0.6 is 11.8 Å². The molecule has 0 N–H and O–H groups in total. The molecule has 4 rings (SSSR count). The largest absolute Gasteiger partial charge is 0.465 e. The Hall–Kier alpha value is -3.66. The van der Waals surface area contributed by atoms with Crippen LogP contribution in [0.5, 0.6) is 0 Å². The molecule has 33 heavy (non-hydrogen) atoms. The molecule has 9 nitrogen and oxygen atoms in total. The number of thioether (sulfide) groups is 1. The van der Waals surface area contributed by atoms with Crippen LogP contribution in [0.15, 0.2) is 40.0 Å². The summed E-state index contributed by atoms with van der Waals surface area (Å²) in [5.74, 6) is -0.678. The zero-order chi connectivity index (χ0) is 23.9. The highest BCUT2D eigenvalue weighted by molar-refractivity contribution is 8.18. The predicted octanol–water partition coefficient (Wildman–Crippen LogP) is 3.03. The summed E-state index contributed by atoms with van der Waals surface area (Å²) in [5.41, 5.74) is 2.54. The molecule has 0 bridgehead atoms. The molecule has 10 heteroatoms. The fourth-order valence-electron chi connectivity index (χ4n) is 3.81. The zero-order valence-electron chi connectivity index (χ0n) is 18.6. The third-order valence-corrected chi connectivity index (χ3v) is 6.21. The number of imide groups is 1. The van der Waals surface area contributed by atoms with Gasteiger partial charge in [-0.05, 0) is 69.3 Å². The van der Waals surface area contributed by atoms with Gasteiger partial charge in [0.1, 0.15) is 12.4 Å². The van der Waals surface area contributed by atoms with Gasteiger partial charge in [0.15, 0.2) is 0 Å². The average molecular weight is 467 g/mol. The summed E-state index contributed by atoms with van der Waals surface area (Å²) in [6, 6.07) is 8.97. The van der Waals surface area contributed by atoms with Gasteiger partial charge in [-0.25, -0.2) is 4.98 Å². The molecule has 1 aliphatic rings. The standard InChI is InChI=1S/C23H22N4O5S/c1-5-32-20(28)12-25-22(30)19(33-23(25)31)11-16-10-13(2)26(14(16)3)27-15(4)24-18-9-7-6-8-17(18)21(27)29/h6-11H,5,12H2,1-4H3. The van der Waals surface area contributed by atoms with Crippen LogP contribution in [0.1, 0.15) is 29.7 Å². The third kappa shape index (κ3) is 3.97. The molecule has 0 radical (unpaired) electrons. The molecule has 0 spiro atoms. The van der Waals surface area contributed by atoms with Gasteiger partial charge in [0.2, 0.25) is 0 Å². The van der Waals surface area contributed by atoms with Gasteiger partial charge < -0.3 is 4.74 Å². The minimum Gasteiger partial charge on any atom is -0.465 e. The summed E-state index contributed by atoms with van der Waals surface area (Å²) in [5, 5.41) is -0.0314. The lowest BCUT2D eigenvalue weighted by atomic mass is 10.2. The van der Waals surface area contributed by atoms with Crippen LogP contribution in [0.3, 0.4) is 0 Å². The van der Waals surface area contributed by atoms with Crippen molar-refractivity contribution in [2.75, 3.05) is 13.2 Å². The number of esters is 1. The monoisotopic (exact) mass is 466 g/mol. The number of ether oxygens (including phenoxy) is 1. The van der Waals surface area contributed by atoms with Crippen LogP contribution in [0, 0.1) is 20.8 Å². The van der Waals surface area contributed by atoms with Crippen LogP contribution in [0.25, 0.3) is 17.0 Å². The Morgan fingerprint density at radius 1 is 1.12 bits per heavy atom. The second-order valence-electron chi connectivity index (χ2n) is 7.50. The smallest absolute Gasteiger partial charge is 0.326 e. The second-order valence-corrected chi connectivity index (χ2v) is 8.50. The van der Waals surface area contributed by atoms with Crippen molar-refractivity contribution in [3.63, 3.8) is 0 Å². The number of hydrogen-bond donors (Lipinski definition) is 0. The molecule has 1 fully saturated rings. The summed E-state index contributed by atoms with van der Waals surface area (Å²) < 4.78 is 8.08. The molecular weight excluding hydrogens is 444 g/mol. The normalized spacial score (nSPS) is 15.2. The van der Waals surface area contributed by atoms with Crippen molar-refractivity contribution in [2.24, 2.45) is 0 Å². The van der Waals surface area contributed by atoms with E-state index in [2.05, 4.69) is 4.98 Å². The number of fused-ring (bicyclic) bond motifs is 1. The molecule has 1 aromatic carbocycles. The quantitative estimate of drug-likeness (QED) is 0.421. The van der Waals surface area contributed by atoms with Crippen molar-refractivity contribution < 1.29 is 19.1 Å². The lowest BCUT2D eigenvalue weighted by Gasteiger charge is -2.16. The van der Waals surface area contributed by atoms with E-state index in [1.165, 1.54) is 4.68 Å². The Balaban J connectivity index is 1.74. The number of amides is 2. The molecule has 1 saturated heterocycles. The van der Waals surface area contributed by atoms with Crippen molar-refractivity contribution >= 4 is 45.9 Å².